The Balaban J connectivity index is 1.04. The molecule has 0 unspecified atom stereocenters. The van der Waals surface area contributed by atoms with Crippen molar-refractivity contribution in [3.63, 3.8) is 0 Å². The van der Waals surface area contributed by atoms with Gasteiger partial charge in [-0.2, -0.15) is 13.2 Å². The second kappa shape index (κ2) is 9.82. The average Bonchev–Trinajstić information content (AvgIpc) is 2.94. The molecule has 4 aromatic rings. The van der Waals surface area contributed by atoms with Crippen LogP contribution in [-0.4, -0.2) is 36.1 Å². The first-order valence-electron chi connectivity index (χ1n) is 13.1. The van der Waals surface area contributed by atoms with Crippen LogP contribution in [0.2, 0.25) is 0 Å². The minimum absolute atomic E-state index is 0.328. The molecule has 8 heteroatoms. The largest absolute Gasteiger partial charge is 0.416 e. The maximum absolute atomic E-state index is 12.9. The van der Waals surface area contributed by atoms with Crippen molar-refractivity contribution < 1.29 is 13.2 Å². The van der Waals surface area contributed by atoms with Gasteiger partial charge in [0.1, 0.15) is 12.1 Å². The number of halogens is 3. The molecule has 196 valence electrons. The van der Waals surface area contributed by atoms with Crippen molar-refractivity contribution in [2.45, 2.75) is 31.9 Å². The van der Waals surface area contributed by atoms with E-state index in [4.69, 9.17) is 0 Å². The summed E-state index contributed by atoms with van der Waals surface area (Å²) in [6.45, 7) is 3.82. The van der Waals surface area contributed by atoms with Crippen molar-refractivity contribution in [1.82, 2.24) is 9.97 Å². The molecule has 1 N–H and O–H groups in total. The molecule has 2 aliphatic heterocycles. The number of nitrogens with zero attached hydrogens (tertiary/aromatic N) is 4. The Kier molecular flexibility index (Phi) is 6.33. The van der Waals surface area contributed by atoms with Gasteiger partial charge >= 0.3 is 6.18 Å². The van der Waals surface area contributed by atoms with E-state index in [0.29, 0.717) is 5.41 Å². The van der Waals surface area contributed by atoms with Crippen LogP contribution in [0, 0.1) is 5.41 Å². The van der Waals surface area contributed by atoms with Gasteiger partial charge in [-0.05, 0) is 91.8 Å². The minimum Gasteiger partial charge on any atom is -0.371 e. The number of alkyl halides is 3. The molecular weight excluding hydrogens is 487 g/mol. The van der Waals surface area contributed by atoms with E-state index in [0.717, 1.165) is 80.0 Å². The predicted octanol–water partition coefficient (Wildman–Crippen LogP) is 7.28. The number of fused-ring (bicyclic) bond motifs is 1. The Morgan fingerprint density at radius 2 is 1.24 bits per heavy atom. The summed E-state index contributed by atoms with van der Waals surface area (Å²) in [5.41, 5.74) is 3.74. The molecule has 5 nitrogen and oxygen atoms in total. The Bertz CT molecular complexity index is 1380. The predicted molar refractivity (Wildman–Crippen MR) is 146 cm³/mol. The van der Waals surface area contributed by atoms with Gasteiger partial charge in [-0.15, -0.1) is 0 Å². The minimum atomic E-state index is -4.29. The van der Waals surface area contributed by atoms with Crippen LogP contribution in [0.25, 0.3) is 10.9 Å². The van der Waals surface area contributed by atoms with Gasteiger partial charge in [0.15, 0.2) is 0 Å². The summed E-state index contributed by atoms with van der Waals surface area (Å²) in [6, 6.07) is 22.1. The first kappa shape index (κ1) is 24.5. The van der Waals surface area contributed by atoms with E-state index in [9.17, 15) is 13.2 Å². The van der Waals surface area contributed by atoms with Crippen molar-refractivity contribution in [3.05, 3.63) is 84.7 Å². The Hall–Kier alpha value is -3.81. The molecule has 0 bridgehead atoms. The van der Waals surface area contributed by atoms with Crippen molar-refractivity contribution >= 4 is 33.8 Å². The molecule has 2 fully saturated rings. The van der Waals surface area contributed by atoms with Crippen molar-refractivity contribution in [3.8, 4) is 0 Å². The van der Waals surface area contributed by atoms with Gasteiger partial charge in [0, 0.05) is 48.6 Å². The van der Waals surface area contributed by atoms with Gasteiger partial charge in [0.25, 0.3) is 0 Å². The number of aromatic nitrogens is 2. The number of para-hydroxylation sites is 1. The zero-order valence-electron chi connectivity index (χ0n) is 21.1. The van der Waals surface area contributed by atoms with E-state index in [1.54, 1.807) is 18.5 Å². The molecule has 0 radical (unpaired) electrons. The topological polar surface area (TPSA) is 44.3 Å². The molecule has 2 aliphatic rings. The lowest BCUT2D eigenvalue weighted by atomic mass is 9.71. The number of piperidine rings is 2. The quantitative estimate of drug-likeness (QED) is 0.308. The van der Waals surface area contributed by atoms with Crippen LogP contribution in [-0.2, 0) is 6.18 Å². The molecule has 3 aromatic carbocycles. The molecule has 0 saturated carbocycles. The summed E-state index contributed by atoms with van der Waals surface area (Å²) in [5, 5.41) is 4.41. The van der Waals surface area contributed by atoms with Crippen LogP contribution in [0.15, 0.2) is 79.1 Å². The molecule has 2 saturated heterocycles. The number of hydrogen-bond donors (Lipinski definition) is 1. The summed E-state index contributed by atoms with van der Waals surface area (Å²) >= 11 is 0. The van der Waals surface area contributed by atoms with Gasteiger partial charge in [-0.25, -0.2) is 9.97 Å². The number of hydrogen-bond acceptors (Lipinski definition) is 5. The van der Waals surface area contributed by atoms with Crippen molar-refractivity contribution in [2.75, 3.05) is 41.3 Å². The lowest BCUT2D eigenvalue weighted by Crippen LogP contribution is -2.47. The first-order chi connectivity index (χ1) is 18.4. The lowest BCUT2D eigenvalue weighted by molar-refractivity contribution is -0.137. The Labute approximate surface area is 220 Å². The van der Waals surface area contributed by atoms with Gasteiger partial charge in [0.05, 0.1) is 11.1 Å². The summed E-state index contributed by atoms with van der Waals surface area (Å²) in [7, 11) is 0. The van der Waals surface area contributed by atoms with Crippen LogP contribution in [0.3, 0.4) is 0 Å². The third-order valence-corrected chi connectivity index (χ3v) is 8.25. The van der Waals surface area contributed by atoms with E-state index in [1.165, 1.54) is 17.8 Å². The van der Waals surface area contributed by atoms with Gasteiger partial charge in [0.2, 0.25) is 0 Å². The molecule has 3 heterocycles. The second-order valence-electron chi connectivity index (χ2n) is 10.4. The maximum atomic E-state index is 12.9. The van der Waals surface area contributed by atoms with Crippen LogP contribution in [0.1, 0.15) is 31.2 Å². The third-order valence-electron chi connectivity index (χ3n) is 8.25. The molecule has 38 heavy (non-hydrogen) atoms. The van der Waals surface area contributed by atoms with Gasteiger partial charge < -0.3 is 15.1 Å². The van der Waals surface area contributed by atoms with E-state index in [1.807, 2.05) is 24.3 Å². The second-order valence-corrected chi connectivity index (χ2v) is 10.4. The summed E-state index contributed by atoms with van der Waals surface area (Å²) in [4.78, 5) is 13.4. The number of nitrogens with one attached hydrogen (secondary N) is 1. The summed E-state index contributed by atoms with van der Waals surface area (Å²) in [6.07, 6.45) is 1.73. The Morgan fingerprint density at radius 1 is 0.684 bits per heavy atom. The number of rotatable bonds is 4. The van der Waals surface area contributed by atoms with Crippen LogP contribution >= 0.6 is 0 Å². The van der Waals surface area contributed by atoms with Gasteiger partial charge in [-0.1, -0.05) is 12.1 Å². The number of benzene rings is 3. The van der Waals surface area contributed by atoms with Gasteiger partial charge in [-0.3, -0.25) is 0 Å². The van der Waals surface area contributed by atoms with Crippen LogP contribution in [0.5, 0.6) is 0 Å². The molecule has 6 rings (SSSR count). The first-order valence-corrected chi connectivity index (χ1v) is 13.1. The fraction of sp³-hybridized carbons (Fsp3) is 0.333. The van der Waals surface area contributed by atoms with E-state index in [-0.39, 0.29) is 0 Å². The highest BCUT2D eigenvalue weighted by Crippen LogP contribution is 2.43. The zero-order chi connectivity index (χ0) is 26.2. The zero-order valence-corrected chi connectivity index (χ0v) is 21.1. The molecule has 1 spiro atoms. The average molecular weight is 518 g/mol. The lowest BCUT2D eigenvalue weighted by Gasteiger charge is -2.48. The smallest absolute Gasteiger partial charge is 0.371 e. The van der Waals surface area contributed by atoms with Crippen LogP contribution in [0.4, 0.5) is 36.1 Å². The third kappa shape index (κ3) is 4.99. The van der Waals surface area contributed by atoms with E-state index >= 15 is 0 Å². The highest BCUT2D eigenvalue weighted by Gasteiger charge is 2.38. The highest BCUT2D eigenvalue weighted by atomic mass is 19.4. The molecule has 1 aromatic heterocycles. The van der Waals surface area contributed by atoms with Crippen LogP contribution < -0.4 is 15.1 Å². The fourth-order valence-corrected chi connectivity index (χ4v) is 5.84. The molecule has 0 amide bonds. The molecule has 0 aliphatic carbocycles. The highest BCUT2D eigenvalue weighted by molar-refractivity contribution is 5.90. The van der Waals surface area contributed by atoms with E-state index < -0.39 is 11.7 Å². The summed E-state index contributed by atoms with van der Waals surface area (Å²) in [5.74, 6) is 0.797. The van der Waals surface area contributed by atoms with E-state index in [2.05, 4.69) is 49.4 Å². The number of anilines is 4. The fourth-order valence-electron chi connectivity index (χ4n) is 5.84. The van der Waals surface area contributed by atoms with Crippen molar-refractivity contribution in [1.29, 1.82) is 0 Å². The normalized spacial score (nSPS) is 17.7. The summed E-state index contributed by atoms with van der Waals surface area (Å²) < 4.78 is 38.7. The standard InChI is InChI=1S/C30H30F3N5/c31-30(32,33)22-5-9-24(10-6-22)37-17-13-29(14-18-37)15-19-38(20-16-29)25-11-7-23(8-12-25)36-28-26-3-1-2-4-27(26)34-21-35-28/h1-12,21H,13-20H2,(H,34,35,36). The molecular formula is C30H30F3N5. The maximum Gasteiger partial charge on any atom is 0.416 e. The monoisotopic (exact) mass is 517 g/mol. The molecule has 0 atom stereocenters. The van der Waals surface area contributed by atoms with Crippen molar-refractivity contribution in [2.24, 2.45) is 5.41 Å². The Morgan fingerprint density at radius 3 is 1.82 bits per heavy atom. The SMILES string of the molecule is FC(F)(F)c1ccc(N2CCC3(CCN(c4ccc(Nc5ncnc6ccccc56)cc4)CC3)CC2)cc1.